The molecular formula is C21H14ClFN4O2. The molecule has 1 N–H and O–H groups in total. The Morgan fingerprint density at radius 3 is 2.76 bits per heavy atom. The van der Waals surface area contributed by atoms with Gasteiger partial charge in [-0.1, -0.05) is 22.8 Å². The van der Waals surface area contributed by atoms with E-state index in [0.29, 0.717) is 32.7 Å². The van der Waals surface area contributed by atoms with E-state index in [1.54, 1.807) is 6.20 Å². The van der Waals surface area contributed by atoms with Crippen molar-refractivity contribution >= 4 is 33.5 Å². The normalized spacial score (nSPS) is 11.6. The van der Waals surface area contributed by atoms with E-state index in [1.807, 2.05) is 32.0 Å². The number of nitrogens with zero attached hydrogens (tertiary/aromatic N) is 3. The molecule has 29 heavy (non-hydrogen) atoms. The van der Waals surface area contributed by atoms with E-state index in [0.717, 1.165) is 16.8 Å². The van der Waals surface area contributed by atoms with Crippen LogP contribution in [0.1, 0.15) is 11.5 Å². The van der Waals surface area contributed by atoms with E-state index in [-0.39, 0.29) is 5.69 Å². The van der Waals surface area contributed by atoms with Gasteiger partial charge in [-0.3, -0.25) is 9.55 Å². The van der Waals surface area contributed by atoms with Crippen LogP contribution in [0.4, 0.5) is 4.39 Å². The van der Waals surface area contributed by atoms with Crippen LogP contribution in [0.25, 0.3) is 38.8 Å². The molecule has 0 bridgehead atoms. The zero-order valence-electron chi connectivity index (χ0n) is 15.5. The average Bonchev–Trinajstić information content (AvgIpc) is 3.21. The number of aromatic nitrogens is 4. The van der Waals surface area contributed by atoms with E-state index >= 15 is 0 Å². The molecule has 0 unspecified atom stereocenters. The number of hydrogen-bond acceptors (Lipinski definition) is 4. The molecule has 0 radical (unpaired) electrons. The van der Waals surface area contributed by atoms with Crippen LogP contribution in [0.5, 0.6) is 0 Å². The first-order valence-corrected chi connectivity index (χ1v) is 9.24. The van der Waals surface area contributed by atoms with Crippen molar-refractivity contribution in [3.8, 4) is 16.8 Å². The number of imidazole rings is 1. The Morgan fingerprint density at radius 2 is 2.00 bits per heavy atom. The van der Waals surface area contributed by atoms with Crippen molar-refractivity contribution in [3.05, 3.63) is 75.4 Å². The standard InChI is InChI=1S/C21H14ClFN4O2/c1-10-19(11(2)29-26-10)12-3-5-14-16(7-12)24-9-17-20(14)27(21(28)25-17)18-8-13(22)4-6-15(18)23/h3-9H,1-2H3,(H,25,28). The van der Waals surface area contributed by atoms with Crippen molar-refractivity contribution in [1.29, 1.82) is 0 Å². The summed E-state index contributed by atoms with van der Waals surface area (Å²) in [6.45, 7) is 3.72. The van der Waals surface area contributed by atoms with Gasteiger partial charge in [0.15, 0.2) is 0 Å². The predicted molar refractivity (Wildman–Crippen MR) is 109 cm³/mol. The molecule has 5 rings (SSSR count). The van der Waals surface area contributed by atoms with Crippen LogP contribution in [0.2, 0.25) is 5.02 Å². The maximum absolute atomic E-state index is 14.5. The van der Waals surface area contributed by atoms with Gasteiger partial charge in [0.25, 0.3) is 0 Å². The Morgan fingerprint density at radius 1 is 1.17 bits per heavy atom. The zero-order valence-corrected chi connectivity index (χ0v) is 16.2. The summed E-state index contributed by atoms with van der Waals surface area (Å²) in [5, 5.41) is 5.04. The zero-order chi connectivity index (χ0) is 20.3. The Bertz CT molecular complexity index is 1460. The Labute approximate surface area is 168 Å². The highest BCUT2D eigenvalue weighted by atomic mass is 35.5. The summed E-state index contributed by atoms with van der Waals surface area (Å²) >= 11 is 6.04. The highest BCUT2D eigenvalue weighted by molar-refractivity contribution is 6.30. The minimum Gasteiger partial charge on any atom is -0.361 e. The van der Waals surface area contributed by atoms with Gasteiger partial charge in [-0.15, -0.1) is 0 Å². The summed E-state index contributed by atoms with van der Waals surface area (Å²) in [6.07, 6.45) is 1.56. The molecule has 0 fully saturated rings. The molecule has 2 aromatic carbocycles. The Hall–Kier alpha value is -3.45. The maximum atomic E-state index is 14.5. The number of hydrogen-bond donors (Lipinski definition) is 1. The van der Waals surface area contributed by atoms with Crippen molar-refractivity contribution in [2.24, 2.45) is 0 Å². The molecule has 0 aliphatic rings. The maximum Gasteiger partial charge on any atom is 0.331 e. The molecule has 3 aromatic heterocycles. The highest BCUT2D eigenvalue weighted by Crippen LogP contribution is 2.32. The fraction of sp³-hybridized carbons (Fsp3) is 0.0952. The summed E-state index contributed by atoms with van der Waals surface area (Å²) in [6, 6.07) is 9.77. The fourth-order valence-corrected chi connectivity index (χ4v) is 3.89. The fourth-order valence-electron chi connectivity index (χ4n) is 3.72. The van der Waals surface area contributed by atoms with Crippen molar-refractivity contribution < 1.29 is 8.91 Å². The van der Waals surface area contributed by atoms with Gasteiger partial charge >= 0.3 is 5.69 Å². The molecular weight excluding hydrogens is 395 g/mol. The first-order chi connectivity index (χ1) is 13.9. The van der Waals surface area contributed by atoms with Crippen LogP contribution in [-0.2, 0) is 0 Å². The first kappa shape index (κ1) is 17.6. The summed E-state index contributed by atoms with van der Waals surface area (Å²) < 4.78 is 21.1. The third kappa shape index (κ3) is 2.66. The summed E-state index contributed by atoms with van der Waals surface area (Å²) in [4.78, 5) is 19.8. The second kappa shape index (κ2) is 6.28. The molecule has 8 heteroatoms. The number of rotatable bonds is 2. The van der Waals surface area contributed by atoms with Crippen molar-refractivity contribution in [2.45, 2.75) is 13.8 Å². The minimum absolute atomic E-state index is 0.0797. The van der Waals surface area contributed by atoms with Gasteiger partial charge in [-0.25, -0.2) is 9.18 Å². The number of benzene rings is 2. The van der Waals surface area contributed by atoms with Crippen LogP contribution in [-0.4, -0.2) is 19.7 Å². The molecule has 5 aromatic rings. The number of fused-ring (bicyclic) bond motifs is 3. The van der Waals surface area contributed by atoms with E-state index in [1.165, 1.54) is 22.8 Å². The van der Waals surface area contributed by atoms with Gasteiger partial charge in [0.2, 0.25) is 0 Å². The minimum atomic E-state index is -0.547. The molecule has 0 saturated heterocycles. The monoisotopic (exact) mass is 408 g/mol. The SMILES string of the molecule is Cc1noc(C)c1-c1ccc2c(c1)ncc1[nH]c(=O)n(-c3cc(Cl)ccc3F)c12. The lowest BCUT2D eigenvalue weighted by Gasteiger charge is -2.09. The van der Waals surface area contributed by atoms with Crippen LogP contribution < -0.4 is 5.69 Å². The molecule has 144 valence electrons. The van der Waals surface area contributed by atoms with E-state index in [9.17, 15) is 9.18 Å². The molecule has 0 aliphatic carbocycles. The molecule has 0 atom stereocenters. The Balaban J connectivity index is 1.83. The molecule has 0 spiro atoms. The largest absolute Gasteiger partial charge is 0.361 e. The van der Waals surface area contributed by atoms with Gasteiger partial charge in [-0.2, -0.15) is 0 Å². The molecule has 6 nitrogen and oxygen atoms in total. The van der Waals surface area contributed by atoms with Gasteiger partial charge < -0.3 is 9.51 Å². The molecule has 3 heterocycles. The van der Waals surface area contributed by atoms with Gasteiger partial charge in [0.05, 0.1) is 34.1 Å². The summed E-state index contributed by atoms with van der Waals surface area (Å²) in [7, 11) is 0. The summed E-state index contributed by atoms with van der Waals surface area (Å²) in [5.41, 5.74) is 3.90. The lowest BCUT2D eigenvalue weighted by Crippen LogP contribution is -2.16. The van der Waals surface area contributed by atoms with Crippen molar-refractivity contribution in [1.82, 2.24) is 19.7 Å². The predicted octanol–water partition coefficient (Wildman–Crippen LogP) is 4.93. The second-order valence-corrected chi connectivity index (χ2v) is 7.25. The van der Waals surface area contributed by atoms with Crippen LogP contribution in [0.15, 0.2) is 51.9 Å². The van der Waals surface area contributed by atoms with Crippen LogP contribution in [0.3, 0.4) is 0 Å². The number of aromatic amines is 1. The van der Waals surface area contributed by atoms with E-state index in [4.69, 9.17) is 16.1 Å². The smallest absolute Gasteiger partial charge is 0.331 e. The highest BCUT2D eigenvalue weighted by Gasteiger charge is 2.18. The third-order valence-corrected chi connectivity index (χ3v) is 5.22. The number of nitrogens with one attached hydrogen (secondary N) is 1. The molecule has 0 saturated carbocycles. The number of aryl methyl sites for hydroxylation is 2. The quantitative estimate of drug-likeness (QED) is 0.449. The average molecular weight is 409 g/mol. The van der Waals surface area contributed by atoms with Gasteiger partial charge in [-0.05, 0) is 49.7 Å². The topological polar surface area (TPSA) is 76.7 Å². The summed E-state index contributed by atoms with van der Waals surface area (Å²) in [5.74, 6) is 0.164. The number of H-pyrrole nitrogens is 1. The molecule has 0 aliphatic heterocycles. The van der Waals surface area contributed by atoms with Crippen LogP contribution in [0, 0.1) is 19.7 Å². The Kier molecular flexibility index (Phi) is 3.82. The second-order valence-electron chi connectivity index (χ2n) is 6.81. The lowest BCUT2D eigenvalue weighted by atomic mass is 10.0. The van der Waals surface area contributed by atoms with Crippen LogP contribution >= 0.6 is 11.6 Å². The first-order valence-electron chi connectivity index (χ1n) is 8.86. The number of halogens is 2. The lowest BCUT2D eigenvalue weighted by molar-refractivity contribution is 0.393. The van der Waals surface area contributed by atoms with Crippen molar-refractivity contribution in [3.63, 3.8) is 0 Å². The third-order valence-electron chi connectivity index (χ3n) is 4.98. The van der Waals surface area contributed by atoms with E-state index in [2.05, 4.69) is 15.1 Å². The van der Waals surface area contributed by atoms with Gasteiger partial charge in [0.1, 0.15) is 11.6 Å². The van der Waals surface area contributed by atoms with Gasteiger partial charge in [0, 0.05) is 16.0 Å². The van der Waals surface area contributed by atoms with E-state index < -0.39 is 11.5 Å². The molecule has 0 amide bonds. The number of pyridine rings is 1. The van der Waals surface area contributed by atoms with Crippen molar-refractivity contribution in [2.75, 3.05) is 0 Å².